The molecule has 0 bridgehead atoms. The van der Waals surface area contributed by atoms with E-state index in [1.807, 2.05) is 6.92 Å². The second-order valence-corrected chi connectivity index (χ2v) is 7.01. The minimum Gasteiger partial charge on any atom is -0.464 e. The third-order valence-corrected chi connectivity index (χ3v) is 4.81. The number of hydrogen-bond acceptors (Lipinski definition) is 7. The van der Waals surface area contributed by atoms with Gasteiger partial charge < -0.3 is 9.15 Å². The van der Waals surface area contributed by atoms with E-state index in [1.165, 1.54) is 19.2 Å². The number of fused-ring (bicyclic) bond motifs is 2. The highest BCUT2D eigenvalue weighted by molar-refractivity contribution is 5.84. The van der Waals surface area contributed by atoms with Crippen molar-refractivity contribution in [3.63, 3.8) is 0 Å². The molecular formula is C21H19FN4O5. The van der Waals surface area contributed by atoms with E-state index in [-0.39, 0.29) is 29.3 Å². The van der Waals surface area contributed by atoms with Crippen LogP contribution < -0.4 is 11.2 Å². The Bertz CT molecular complexity index is 1400. The lowest BCUT2D eigenvalue weighted by Crippen LogP contribution is -2.41. The first kappa shape index (κ1) is 20.5. The SMILES string of the molecule is CCCCOC(=O)Cn1c(=O)c2nc3cc(-c4ccc(F)cc4)oc3nc2n(C)c1=O. The lowest BCUT2D eigenvalue weighted by atomic mass is 10.2. The number of aromatic nitrogens is 4. The van der Waals surface area contributed by atoms with Crippen molar-refractivity contribution in [2.24, 2.45) is 7.05 Å². The standard InChI is InChI=1S/C21H19FN4O5/c1-3-4-9-30-16(27)11-26-20(28)17-18(25(2)21(26)29)24-19-14(23-17)10-15(31-19)12-5-7-13(22)8-6-12/h5-8,10H,3-4,9,11H2,1-2H3. The molecule has 0 unspecified atom stereocenters. The van der Waals surface area contributed by atoms with Gasteiger partial charge in [0.15, 0.2) is 11.2 Å². The third kappa shape index (κ3) is 3.83. The molecule has 10 heteroatoms. The van der Waals surface area contributed by atoms with E-state index in [9.17, 15) is 18.8 Å². The molecule has 0 fully saturated rings. The van der Waals surface area contributed by atoms with Gasteiger partial charge in [-0.05, 0) is 30.7 Å². The molecule has 0 atom stereocenters. The molecule has 31 heavy (non-hydrogen) atoms. The minimum absolute atomic E-state index is 0.0260. The maximum atomic E-state index is 13.2. The van der Waals surface area contributed by atoms with Gasteiger partial charge in [-0.15, -0.1) is 0 Å². The van der Waals surface area contributed by atoms with Crippen molar-refractivity contribution in [1.29, 1.82) is 0 Å². The molecule has 4 rings (SSSR count). The molecule has 3 aromatic heterocycles. The van der Waals surface area contributed by atoms with Crippen molar-refractivity contribution >= 4 is 28.4 Å². The van der Waals surface area contributed by atoms with Gasteiger partial charge in [-0.3, -0.25) is 14.2 Å². The van der Waals surface area contributed by atoms with E-state index in [1.54, 1.807) is 18.2 Å². The molecule has 3 heterocycles. The Labute approximate surface area is 174 Å². The van der Waals surface area contributed by atoms with Crippen LogP contribution in [0.3, 0.4) is 0 Å². The molecule has 4 aromatic rings. The van der Waals surface area contributed by atoms with Crippen LogP contribution in [0.1, 0.15) is 19.8 Å². The number of unbranched alkanes of at least 4 members (excludes halogenated alkanes) is 1. The number of carbonyl (C=O) groups is 1. The van der Waals surface area contributed by atoms with Crippen molar-refractivity contribution in [2.45, 2.75) is 26.3 Å². The molecule has 1 aromatic carbocycles. The summed E-state index contributed by atoms with van der Waals surface area (Å²) in [6.45, 7) is 1.66. The number of halogens is 1. The lowest BCUT2D eigenvalue weighted by molar-refractivity contribution is -0.144. The number of esters is 1. The summed E-state index contributed by atoms with van der Waals surface area (Å²) < 4.78 is 25.8. The summed E-state index contributed by atoms with van der Waals surface area (Å²) >= 11 is 0. The summed E-state index contributed by atoms with van der Waals surface area (Å²) in [6, 6.07) is 7.24. The maximum absolute atomic E-state index is 13.2. The topological polar surface area (TPSA) is 109 Å². The first-order valence-corrected chi connectivity index (χ1v) is 9.71. The number of hydrogen-bond donors (Lipinski definition) is 0. The van der Waals surface area contributed by atoms with Crippen molar-refractivity contribution in [3.05, 3.63) is 57.0 Å². The van der Waals surface area contributed by atoms with Gasteiger partial charge >= 0.3 is 11.7 Å². The number of nitrogens with zero attached hydrogens (tertiary/aromatic N) is 4. The summed E-state index contributed by atoms with van der Waals surface area (Å²) in [4.78, 5) is 46.2. The molecule has 0 spiro atoms. The summed E-state index contributed by atoms with van der Waals surface area (Å²) in [6.07, 6.45) is 1.54. The number of carbonyl (C=O) groups excluding carboxylic acids is 1. The average molecular weight is 426 g/mol. The Hall–Kier alpha value is -3.82. The van der Waals surface area contributed by atoms with E-state index < -0.39 is 23.8 Å². The molecular weight excluding hydrogens is 407 g/mol. The fourth-order valence-electron chi connectivity index (χ4n) is 3.12. The Morgan fingerprint density at radius 1 is 1.19 bits per heavy atom. The van der Waals surface area contributed by atoms with Crippen LogP contribution in [0.2, 0.25) is 0 Å². The normalized spacial score (nSPS) is 11.3. The molecule has 0 aliphatic heterocycles. The molecule has 9 nitrogen and oxygen atoms in total. The largest absolute Gasteiger partial charge is 0.464 e. The second-order valence-electron chi connectivity index (χ2n) is 7.01. The first-order valence-electron chi connectivity index (χ1n) is 9.71. The van der Waals surface area contributed by atoms with Crippen LogP contribution >= 0.6 is 0 Å². The fourth-order valence-corrected chi connectivity index (χ4v) is 3.12. The molecule has 160 valence electrons. The number of rotatable bonds is 6. The van der Waals surface area contributed by atoms with Gasteiger partial charge in [0.25, 0.3) is 5.56 Å². The van der Waals surface area contributed by atoms with Crippen LogP contribution in [-0.2, 0) is 23.1 Å². The van der Waals surface area contributed by atoms with Crippen molar-refractivity contribution < 1.29 is 18.3 Å². The zero-order chi connectivity index (χ0) is 22.1. The molecule has 0 aliphatic rings. The molecule has 0 amide bonds. The van der Waals surface area contributed by atoms with Gasteiger partial charge in [0.1, 0.15) is 23.6 Å². The highest BCUT2D eigenvalue weighted by Gasteiger charge is 2.19. The van der Waals surface area contributed by atoms with Crippen LogP contribution in [-0.4, -0.2) is 31.7 Å². The van der Waals surface area contributed by atoms with Gasteiger partial charge in [-0.1, -0.05) is 13.3 Å². The van der Waals surface area contributed by atoms with Crippen LogP contribution in [0.4, 0.5) is 4.39 Å². The smallest absolute Gasteiger partial charge is 0.333 e. The predicted octanol–water partition coefficient (Wildman–Crippen LogP) is 2.39. The zero-order valence-corrected chi connectivity index (χ0v) is 16.9. The van der Waals surface area contributed by atoms with E-state index in [4.69, 9.17) is 9.15 Å². The monoisotopic (exact) mass is 426 g/mol. The summed E-state index contributed by atoms with van der Waals surface area (Å²) in [7, 11) is 1.42. The van der Waals surface area contributed by atoms with E-state index >= 15 is 0 Å². The lowest BCUT2D eigenvalue weighted by Gasteiger charge is -2.09. The van der Waals surface area contributed by atoms with Gasteiger partial charge in [0.2, 0.25) is 5.71 Å². The summed E-state index contributed by atoms with van der Waals surface area (Å²) in [5.41, 5.74) is -0.502. The molecule has 0 saturated heterocycles. The Balaban J connectivity index is 1.79. The molecule has 0 aliphatic carbocycles. The van der Waals surface area contributed by atoms with Gasteiger partial charge in [0.05, 0.1) is 6.61 Å². The predicted molar refractivity (Wildman–Crippen MR) is 110 cm³/mol. The highest BCUT2D eigenvalue weighted by Crippen LogP contribution is 2.26. The van der Waals surface area contributed by atoms with Crippen LogP contribution in [0.25, 0.3) is 33.7 Å². The average Bonchev–Trinajstić information content (AvgIpc) is 3.18. The van der Waals surface area contributed by atoms with E-state index in [0.29, 0.717) is 23.3 Å². The van der Waals surface area contributed by atoms with Crippen molar-refractivity contribution in [1.82, 2.24) is 19.1 Å². The van der Waals surface area contributed by atoms with Gasteiger partial charge in [-0.2, -0.15) is 4.98 Å². The summed E-state index contributed by atoms with van der Waals surface area (Å²) in [5.74, 6) is -0.677. The second kappa shape index (κ2) is 8.13. The first-order chi connectivity index (χ1) is 14.9. The Morgan fingerprint density at radius 3 is 2.65 bits per heavy atom. The van der Waals surface area contributed by atoms with Crippen molar-refractivity contribution in [3.8, 4) is 11.3 Å². The zero-order valence-electron chi connectivity index (χ0n) is 16.9. The Morgan fingerprint density at radius 2 is 1.94 bits per heavy atom. The highest BCUT2D eigenvalue weighted by atomic mass is 19.1. The van der Waals surface area contributed by atoms with E-state index in [0.717, 1.165) is 15.6 Å². The third-order valence-electron chi connectivity index (χ3n) is 4.81. The molecule has 0 radical (unpaired) electrons. The number of benzene rings is 1. The maximum Gasteiger partial charge on any atom is 0.333 e. The quantitative estimate of drug-likeness (QED) is 0.344. The van der Waals surface area contributed by atoms with Gasteiger partial charge in [0, 0.05) is 18.7 Å². The summed E-state index contributed by atoms with van der Waals surface area (Å²) in [5, 5.41) is 0. The van der Waals surface area contributed by atoms with E-state index in [2.05, 4.69) is 9.97 Å². The number of ether oxygens (including phenoxy) is 1. The molecule has 0 N–H and O–H groups in total. The van der Waals surface area contributed by atoms with Crippen LogP contribution in [0.5, 0.6) is 0 Å². The van der Waals surface area contributed by atoms with Crippen LogP contribution in [0.15, 0.2) is 44.3 Å². The van der Waals surface area contributed by atoms with Crippen molar-refractivity contribution in [2.75, 3.05) is 6.61 Å². The molecule has 0 saturated carbocycles. The van der Waals surface area contributed by atoms with Gasteiger partial charge in [-0.25, -0.2) is 18.7 Å². The number of furan rings is 1. The Kier molecular flexibility index (Phi) is 5.37. The number of aryl methyl sites for hydroxylation is 1. The van der Waals surface area contributed by atoms with Crippen LogP contribution in [0, 0.1) is 5.82 Å². The minimum atomic E-state index is -0.746. The fraction of sp³-hybridized carbons (Fsp3) is 0.286.